The zero-order chi connectivity index (χ0) is 24.8. The summed E-state index contributed by atoms with van der Waals surface area (Å²) in [6.45, 7) is 3.53. The first-order valence-electron chi connectivity index (χ1n) is 11.8. The minimum atomic E-state index is -0.104. The van der Waals surface area contributed by atoms with Gasteiger partial charge in [-0.05, 0) is 60.4 Å². The number of hydrogen-bond acceptors (Lipinski definition) is 3. The molecular weight excluding hydrogens is 460 g/mol. The van der Waals surface area contributed by atoms with Gasteiger partial charge >= 0.3 is 0 Å². The molecule has 0 aliphatic carbocycles. The molecule has 0 saturated heterocycles. The molecular formula is C29H31ClN2O3. The van der Waals surface area contributed by atoms with Crippen LogP contribution < -0.4 is 14.8 Å². The van der Waals surface area contributed by atoms with Crippen LogP contribution in [0.1, 0.15) is 36.0 Å². The second-order valence-electron chi connectivity index (χ2n) is 8.49. The van der Waals surface area contributed by atoms with Gasteiger partial charge in [-0.1, -0.05) is 48.0 Å². The number of para-hydroxylation sites is 1. The molecule has 4 rings (SSSR count). The molecule has 4 aromatic rings. The van der Waals surface area contributed by atoms with E-state index in [0.29, 0.717) is 35.9 Å². The second-order valence-corrected chi connectivity index (χ2v) is 8.93. The smallest absolute Gasteiger partial charge is 0.220 e. The maximum atomic E-state index is 13.1. The van der Waals surface area contributed by atoms with Crippen molar-refractivity contribution in [2.45, 2.75) is 32.2 Å². The number of fused-ring (bicyclic) bond motifs is 1. The van der Waals surface area contributed by atoms with E-state index in [-0.39, 0.29) is 11.8 Å². The van der Waals surface area contributed by atoms with Crippen LogP contribution >= 0.6 is 11.6 Å². The van der Waals surface area contributed by atoms with Crippen LogP contribution in [0.3, 0.4) is 0 Å². The molecule has 0 bridgehead atoms. The van der Waals surface area contributed by atoms with Gasteiger partial charge in [0.05, 0.1) is 14.2 Å². The van der Waals surface area contributed by atoms with Crippen molar-refractivity contribution in [2.75, 3.05) is 20.8 Å². The second kappa shape index (κ2) is 11.3. The Morgan fingerprint density at radius 1 is 1.00 bits per heavy atom. The van der Waals surface area contributed by atoms with Crippen molar-refractivity contribution < 1.29 is 14.3 Å². The number of carbonyl (C=O) groups excluding carboxylic acids is 1. The summed E-state index contributed by atoms with van der Waals surface area (Å²) in [6.07, 6.45) is 3.21. The molecule has 3 aromatic carbocycles. The Morgan fingerprint density at radius 2 is 1.80 bits per heavy atom. The van der Waals surface area contributed by atoms with E-state index in [1.165, 1.54) is 5.52 Å². The first-order valence-corrected chi connectivity index (χ1v) is 12.2. The lowest BCUT2D eigenvalue weighted by atomic mass is 9.88. The van der Waals surface area contributed by atoms with Gasteiger partial charge in [0.2, 0.25) is 5.91 Å². The third-order valence-corrected chi connectivity index (χ3v) is 6.59. The lowest BCUT2D eigenvalue weighted by Gasteiger charge is -2.18. The van der Waals surface area contributed by atoms with E-state index in [2.05, 4.69) is 35.1 Å². The third-order valence-electron chi connectivity index (χ3n) is 6.36. The van der Waals surface area contributed by atoms with Crippen molar-refractivity contribution in [3.05, 3.63) is 94.6 Å². The summed E-state index contributed by atoms with van der Waals surface area (Å²) in [7, 11) is 3.24. The molecule has 1 atom stereocenters. The number of nitrogens with one attached hydrogen (secondary N) is 1. The number of benzene rings is 3. The maximum Gasteiger partial charge on any atom is 0.220 e. The Bertz CT molecular complexity index is 1310. The molecule has 35 heavy (non-hydrogen) atoms. The Labute approximate surface area is 211 Å². The molecule has 1 unspecified atom stereocenters. The minimum absolute atomic E-state index is 0.00350. The first kappa shape index (κ1) is 24.7. The fraction of sp³-hybridized carbons (Fsp3) is 0.276. The SMILES string of the molecule is CCn1cc(C(CC(=O)NCCc2ccc(OC)c(OC)c2)c2cccc(Cl)c2)c2ccccc21. The van der Waals surface area contributed by atoms with Gasteiger partial charge in [-0.15, -0.1) is 0 Å². The van der Waals surface area contributed by atoms with Crippen LogP contribution in [0.15, 0.2) is 72.9 Å². The summed E-state index contributed by atoms with van der Waals surface area (Å²) < 4.78 is 12.9. The van der Waals surface area contributed by atoms with E-state index in [1.807, 2.05) is 54.6 Å². The van der Waals surface area contributed by atoms with Crippen LogP contribution in [0.5, 0.6) is 11.5 Å². The van der Waals surface area contributed by atoms with E-state index in [1.54, 1.807) is 14.2 Å². The number of halogens is 1. The normalized spacial score (nSPS) is 11.9. The number of aryl methyl sites for hydroxylation is 1. The molecule has 0 aliphatic heterocycles. The quantitative estimate of drug-likeness (QED) is 0.287. The van der Waals surface area contributed by atoms with Crippen LogP contribution in [0.4, 0.5) is 0 Å². The van der Waals surface area contributed by atoms with Gasteiger partial charge in [0.1, 0.15) is 0 Å². The van der Waals surface area contributed by atoms with Gasteiger partial charge in [-0.25, -0.2) is 0 Å². The summed E-state index contributed by atoms with van der Waals surface area (Å²) in [5.74, 6) is 1.27. The highest BCUT2D eigenvalue weighted by Gasteiger charge is 2.23. The van der Waals surface area contributed by atoms with Crippen molar-refractivity contribution in [1.82, 2.24) is 9.88 Å². The van der Waals surface area contributed by atoms with Crippen molar-refractivity contribution in [2.24, 2.45) is 0 Å². The highest BCUT2D eigenvalue weighted by atomic mass is 35.5. The van der Waals surface area contributed by atoms with Crippen LogP contribution in [0, 0.1) is 0 Å². The van der Waals surface area contributed by atoms with Gasteiger partial charge in [0, 0.05) is 47.6 Å². The zero-order valence-corrected chi connectivity index (χ0v) is 21.1. The lowest BCUT2D eigenvalue weighted by molar-refractivity contribution is -0.121. The number of carbonyl (C=O) groups is 1. The number of aromatic nitrogens is 1. The Kier molecular flexibility index (Phi) is 7.98. The molecule has 5 nitrogen and oxygen atoms in total. The summed E-state index contributed by atoms with van der Waals surface area (Å²) >= 11 is 6.34. The van der Waals surface area contributed by atoms with Crippen LogP contribution in [0.25, 0.3) is 10.9 Å². The predicted octanol–water partition coefficient (Wildman–Crippen LogP) is 6.21. The fourth-order valence-corrected chi connectivity index (χ4v) is 4.78. The molecule has 6 heteroatoms. The Balaban J connectivity index is 1.53. The molecule has 1 N–H and O–H groups in total. The molecule has 0 spiro atoms. The van der Waals surface area contributed by atoms with E-state index in [9.17, 15) is 4.79 Å². The molecule has 1 heterocycles. The fourth-order valence-electron chi connectivity index (χ4n) is 4.59. The Hall–Kier alpha value is -3.44. The largest absolute Gasteiger partial charge is 0.493 e. The number of ether oxygens (including phenoxy) is 2. The molecule has 182 valence electrons. The summed E-state index contributed by atoms with van der Waals surface area (Å²) in [5.41, 5.74) is 4.41. The van der Waals surface area contributed by atoms with Gasteiger partial charge in [0.15, 0.2) is 11.5 Å². The number of rotatable bonds is 10. The molecule has 0 aliphatic rings. The molecule has 0 radical (unpaired) electrons. The van der Waals surface area contributed by atoms with Crippen molar-refractivity contribution in [3.8, 4) is 11.5 Å². The van der Waals surface area contributed by atoms with Crippen molar-refractivity contribution >= 4 is 28.4 Å². The van der Waals surface area contributed by atoms with Crippen LogP contribution in [-0.2, 0) is 17.8 Å². The monoisotopic (exact) mass is 490 g/mol. The number of hydrogen-bond donors (Lipinski definition) is 1. The van der Waals surface area contributed by atoms with Gasteiger partial charge in [-0.2, -0.15) is 0 Å². The predicted molar refractivity (Wildman–Crippen MR) is 142 cm³/mol. The summed E-state index contributed by atoms with van der Waals surface area (Å²) in [4.78, 5) is 13.1. The van der Waals surface area contributed by atoms with Crippen LogP contribution in [-0.4, -0.2) is 31.2 Å². The van der Waals surface area contributed by atoms with Gasteiger partial charge in [0.25, 0.3) is 0 Å². The van der Waals surface area contributed by atoms with E-state index in [4.69, 9.17) is 21.1 Å². The van der Waals surface area contributed by atoms with E-state index < -0.39 is 0 Å². The highest BCUT2D eigenvalue weighted by Crippen LogP contribution is 2.35. The van der Waals surface area contributed by atoms with E-state index in [0.717, 1.165) is 28.6 Å². The van der Waals surface area contributed by atoms with Crippen molar-refractivity contribution in [3.63, 3.8) is 0 Å². The lowest BCUT2D eigenvalue weighted by Crippen LogP contribution is -2.27. The highest BCUT2D eigenvalue weighted by molar-refractivity contribution is 6.30. The molecule has 1 amide bonds. The maximum absolute atomic E-state index is 13.1. The van der Waals surface area contributed by atoms with E-state index >= 15 is 0 Å². The van der Waals surface area contributed by atoms with Gasteiger partial charge in [-0.3, -0.25) is 4.79 Å². The third kappa shape index (κ3) is 5.63. The molecule has 0 fully saturated rings. The Morgan fingerprint density at radius 3 is 2.54 bits per heavy atom. The average molecular weight is 491 g/mol. The molecule has 0 saturated carbocycles. The van der Waals surface area contributed by atoms with Crippen LogP contribution in [0.2, 0.25) is 5.02 Å². The average Bonchev–Trinajstić information content (AvgIpc) is 3.25. The topological polar surface area (TPSA) is 52.5 Å². The summed E-state index contributed by atoms with van der Waals surface area (Å²) in [6, 6.07) is 22.0. The minimum Gasteiger partial charge on any atom is -0.493 e. The number of nitrogens with zero attached hydrogens (tertiary/aromatic N) is 1. The zero-order valence-electron chi connectivity index (χ0n) is 20.4. The molecule has 1 aromatic heterocycles. The number of methoxy groups -OCH3 is 2. The van der Waals surface area contributed by atoms with Crippen molar-refractivity contribution in [1.29, 1.82) is 0 Å². The number of amides is 1. The standard InChI is InChI=1S/C29H31ClN2O3/c1-4-32-19-25(23-10-5-6-11-26(23)32)24(21-8-7-9-22(30)17-21)18-29(33)31-15-14-20-12-13-27(34-2)28(16-20)35-3/h5-13,16-17,19,24H,4,14-15,18H2,1-3H3,(H,31,33). The summed E-state index contributed by atoms with van der Waals surface area (Å²) in [5, 5.41) is 4.93. The first-order chi connectivity index (χ1) is 17.0. The van der Waals surface area contributed by atoms with Gasteiger partial charge < -0.3 is 19.4 Å².